The standard InChI is InChI=1S/C20H30N4O4S/c1-4-29(27,28)23-12-9-15(10-13-23)20(26)24-11-5-6-18(24)17-8-7-16(14(2)22-17)19(25)21-3/h7-8,15,18H,4-6,9-13H2,1-3H3,(H,21,25). The topological polar surface area (TPSA) is 99.7 Å². The predicted octanol–water partition coefficient (Wildman–Crippen LogP) is 1.47. The Bertz CT molecular complexity index is 878. The van der Waals surface area contributed by atoms with E-state index in [0.29, 0.717) is 43.7 Å². The molecule has 9 heteroatoms. The maximum Gasteiger partial charge on any atom is 0.252 e. The van der Waals surface area contributed by atoms with Gasteiger partial charge in [0.1, 0.15) is 0 Å². The van der Waals surface area contributed by atoms with Crippen molar-refractivity contribution in [1.29, 1.82) is 0 Å². The van der Waals surface area contributed by atoms with Gasteiger partial charge in [0.15, 0.2) is 0 Å². The molecule has 0 bridgehead atoms. The number of carbonyl (C=O) groups is 2. The van der Waals surface area contributed by atoms with Crippen LogP contribution in [0.4, 0.5) is 0 Å². The van der Waals surface area contributed by atoms with Crippen molar-refractivity contribution < 1.29 is 18.0 Å². The van der Waals surface area contributed by atoms with E-state index in [1.807, 2.05) is 11.0 Å². The molecule has 1 atom stereocenters. The third-order valence-corrected chi connectivity index (χ3v) is 7.90. The fraction of sp³-hybridized carbons (Fsp3) is 0.650. The van der Waals surface area contributed by atoms with Crippen LogP contribution >= 0.6 is 0 Å². The molecule has 0 aliphatic carbocycles. The summed E-state index contributed by atoms with van der Waals surface area (Å²) < 4.78 is 25.6. The second-order valence-corrected chi connectivity index (χ2v) is 9.97. The summed E-state index contributed by atoms with van der Waals surface area (Å²) in [5.74, 6) is -0.132. The maximum atomic E-state index is 13.2. The minimum Gasteiger partial charge on any atom is -0.355 e. The molecular weight excluding hydrogens is 392 g/mol. The highest BCUT2D eigenvalue weighted by atomic mass is 32.2. The van der Waals surface area contributed by atoms with E-state index in [1.165, 1.54) is 4.31 Å². The van der Waals surface area contributed by atoms with Crippen molar-refractivity contribution in [2.24, 2.45) is 5.92 Å². The number of aryl methyl sites for hydroxylation is 1. The third kappa shape index (κ3) is 4.45. The molecule has 2 amide bonds. The monoisotopic (exact) mass is 422 g/mol. The summed E-state index contributed by atoms with van der Waals surface area (Å²) in [6, 6.07) is 3.52. The van der Waals surface area contributed by atoms with Gasteiger partial charge in [-0.25, -0.2) is 12.7 Å². The van der Waals surface area contributed by atoms with Gasteiger partial charge in [-0.3, -0.25) is 14.6 Å². The zero-order chi connectivity index (χ0) is 21.2. The minimum absolute atomic E-state index is 0.0858. The molecule has 1 N–H and O–H groups in total. The number of sulfonamides is 1. The van der Waals surface area contributed by atoms with Gasteiger partial charge in [-0.2, -0.15) is 0 Å². The third-order valence-electron chi connectivity index (χ3n) is 6.02. The average molecular weight is 423 g/mol. The van der Waals surface area contributed by atoms with Crippen molar-refractivity contribution in [2.75, 3.05) is 32.4 Å². The fourth-order valence-electron chi connectivity index (χ4n) is 4.28. The number of amides is 2. The lowest BCUT2D eigenvalue weighted by Crippen LogP contribution is -2.44. The second kappa shape index (κ2) is 8.79. The van der Waals surface area contributed by atoms with E-state index >= 15 is 0 Å². The largest absolute Gasteiger partial charge is 0.355 e. The molecule has 160 valence electrons. The second-order valence-electron chi connectivity index (χ2n) is 7.71. The van der Waals surface area contributed by atoms with Gasteiger partial charge in [-0.1, -0.05) is 0 Å². The molecule has 1 aromatic heterocycles. The van der Waals surface area contributed by atoms with E-state index in [1.54, 1.807) is 27.0 Å². The van der Waals surface area contributed by atoms with Crippen LogP contribution in [0.5, 0.6) is 0 Å². The van der Waals surface area contributed by atoms with Gasteiger partial charge in [0, 0.05) is 32.6 Å². The van der Waals surface area contributed by atoms with Gasteiger partial charge >= 0.3 is 0 Å². The summed E-state index contributed by atoms with van der Waals surface area (Å²) in [6.07, 6.45) is 2.88. The van der Waals surface area contributed by atoms with E-state index in [2.05, 4.69) is 10.3 Å². The van der Waals surface area contributed by atoms with Crippen molar-refractivity contribution in [2.45, 2.75) is 45.6 Å². The highest BCUT2D eigenvalue weighted by molar-refractivity contribution is 7.89. The normalized spacial score (nSPS) is 21.3. The van der Waals surface area contributed by atoms with Gasteiger partial charge in [0.25, 0.3) is 5.91 Å². The summed E-state index contributed by atoms with van der Waals surface area (Å²) in [5, 5.41) is 2.61. The smallest absolute Gasteiger partial charge is 0.252 e. The van der Waals surface area contributed by atoms with Gasteiger partial charge < -0.3 is 10.2 Å². The molecule has 0 radical (unpaired) electrons. The van der Waals surface area contributed by atoms with Gasteiger partial charge in [-0.15, -0.1) is 0 Å². The van der Waals surface area contributed by atoms with Gasteiger partial charge in [0.2, 0.25) is 15.9 Å². The molecule has 1 unspecified atom stereocenters. The Labute approximate surface area is 172 Å². The first-order valence-electron chi connectivity index (χ1n) is 10.3. The zero-order valence-corrected chi connectivity index (χ0v) is 18.2. The number of nitrogens with zero attached hydrogens (tertiary/aromatic N) is 3. The number of likely N-dealkylation sites (tertiary alicyclic amines) is 1. The number of hydrogen-bond acceptors (Lipinski definition) is 5. The van der Waals surface area contributed by atoms with Gasteiger partial charge in [0.05, 0.1) is 28.7 Å². The molecule has 0 saturated carbocycles. The van der Waals surface area contributed by atoms with Crippen molar-refractivity contribution >= 4 is 21.8 Å². The van der Waals surface area contributed by atoms with Crippen LogP contribution < -0.4 is 5.32 Å². The van der Waals surface area contributed by atoms with Crippen LogP contribution in [0.15, 0.2) is 12.1 Å². The van der Waals surface area contributed by atoms with Gasteiger partial charge in [-0.05, 0) is 51.7 Å². The molecule has 2 aliphatic heterocycles. The highest BCUT2D eigenvalue weighted by Crippen LogP contribution is 2.34. The van der Waals surface area contributed by atoms with Crippen LogP contribution in [0.25, 0.3) is 0 Å². The molecule has 3 heterocycles. The number of hydrogen-bond donors (Lipinski definition) is 1. The summed E-state index contributed by atoms with van der Waals surface area (Å²) in [6.45, 7) is 4.95. The summed E-state index contributed by atoms with van der Waals surface area (Å²) in [4.78, 5) is 31.6. The lowest BCUT2D eigenvalue weighted by Gasteiger charge is -2.34. The van der Waals surface area contributed by atoms with Crippen molar-refractivity contribution in [3.05, 3.63) is 29.1 Å². The van der Waals surface area contributed by atoms with Crippen molar-refractivity contribution in [3.8, 4) is 0 Å². The molecule has 2 aliphatic rings. The molecule has 0 aromatic carbocycles. The summed E-state index contributed by atoms with van der Waals surface area (Å²) in [7, 11) is -1.61. The zero-order valence-electron chi connectivity index (χ0n) is 17.3. The maximum absolute atomic E-state index is 13.2. The number of aromatic nitrogens is 1. The SMILES string of the molecule is CCS(=O)(=O)N1CCC(C(=O)N2CCCC2c2ccc(C(=O)NC)c(C)n2)CC1. The molecule has 29 heavy (non-hydrogen) atoms. The summed E-state index contributed by atoms with van der Waals surface area (Å²) in [5.41, 5.74) is 2.00. The molecule has 2 fully saturated rings. The molecule has 0 spiro atoms. The number of rotatable bonds is 5. The fourth-order valence-corrected chi connectivity index (χ4v) is 5.41. The first kappa shape index (κ1) is 21.7. The van der Waals surface area contributed by atoms with Crippen LogP contribution in [-0.4, -0.2) is 66.9 Å². The Morgan fingerprint density at radius 1 is 1.17 bits per heavy atom. The Morgan fingerprint density at radius 3 is 2.45 bits per heavy atom. The highest BCUT2D eigenvalue weighted by Gasteiger charge is 2.37. The molecule has 8 nitrogen and oxygen atoms in total. The van der Waals surface area contributed by atoms with Crippen molar-refractivity contribution in [3.63, 3.8) is 0 Å². The summed E-state index contributed by atoms with van der Waals surface area (Å²) >= 11 is 0. The van der Waals surface area contributed by atoms with Crippen molar-refractivity contribution in [1.82, 2.24) is 19.5 Å². The van der Waals surface area contributed by atoms with E-state index < -0.39 is 10.0 Å². The van der Waals surface area contributed by atoms with Crippen LogP contribution in [0.2, 0.25) is 0 Å². The first-order valence-corrected chi connectivity index (χ1v) is 11.9. The molecule has 2 saturated heterocycles. The Balaban J connectivity index is 1.70. The van der Waals surface area contributed by atoms with Crippen LogP contribution in [0.3, 0.4) is 0 Å². The van der Waals surface area contributed by atoms with E-state index in [9.17, 15) is 18.0 Å². The quantitative estimate of drug-likeness (QED) is 0.775. The average Bonchev–Trinajstić information content (AvgIpc) is 3.22. The van der Waals surface area contributed by atoms with E-state index in [4.69, 9.17) is 0 Å². The predicted molar refractivity (Wildman–Crippen MR) is 110 cm³/mol. The Morgan fingerprint density at radius 2 is 1.86 bits per heavy atom. The molecule has 1 aromatic rings. The minimum atomic E-state index is -3.20. The lowest BCUT2D eigenvalue weighted by molar-refractivity contribution is -0.137. The number of carbonyl (C=O) groups excluding carboxylic acids is 2. The van der Waals surface area contributed by atoms with Crippen LogP contribution in [0, 0.1) is 12.8 Å². The first-order chi connectivity index (χ1) is 13.8. The van der Waals surface area contributed by atoms with E-state index in [-0.39, 0.29) is 29.5 Å². The van der Waals surface area contributed by atoms with E-state index in [0.717, 1.165) is 18.5 Å². The number of pyridine rings is 1. The van der Waals surface area contributed by atoms with Crippen LogP contribution in [-0.2, 0) is 14.8 Å². The molecule has 3 rings (SSSR count). The number of piperidine rings is 1. The Kier molecular flexibility index (Phi) is 6.58. The molecular formula is C20H30N4O4S. The lowest BCUT2D eigenvalue weighted by atomic mass is 9.96. The van der Waals surface area contributed by atoms with Crippen LogP contribution in [0.1, 0.15) is 60.4 Å². The number of nitrogens with one attached hydrogen (secondary N) is 1. The Hall–Kier alpha value is -2.00.